The molecule has 0 amide bonds. The average molecular weight is 246 g/mol. The van der Waals surface area contributed by atoms with Crippen LogP contribution in [0.25, 0.3) is 0 Å². The fourth-order valence-electron chi connectivity index (χ4n) is 2.82. The molecule has 1 aliphatic rings. The van der Waals surface area contributed by atoms with Gasteiger partial charge in [-0.3, -0.25) is 4.79 Å². The minimum atomic E-state index is -0.695. The Hall–Kier alpha value is -1.31. The van der Waals surface area contributed by atoms with Crippen LogP contribution in [-0.2, 0) is 17.6 Å². The number of hydrogen-bond donors (Lipinski definition) is 1. The summed E-state index contributed by atoms with van der Waals surface area (Å²) in [5.41, 5.74) is 3.77. The van der Waals surface area contributed by atoms with Crippen molar-refractivity contribution < 1.29 is 9.90 Å². The summed E-state index contributed by atoms with van der Waals surface area (Å²) in [5, 5.41) is 9.38. The van der Waals surface area contributed by atoms with Gasteiger partial charge in [0.1, 0.15) is 0 Å². The number of aryl methyl sites for hydroxylation is 2. The largest absolute Gasteiger partial charge is 0.481 e. The van der Waals surface area contributed by atoms with Crippen LogP contribution in [0.15, 0.2) is 18.2 Å². The lowest BCUT2D eigenvalue weighted by molar-refractivity contribution is -0.139. The predicted molar refractivity (Wildman–Crippen MR) is 72.9 cm³/mol. The van der Waals surface area contributed by atoms with Gasteiger partial charge in [0.05, 0.1) is 5.92 Å². The monoisotopic (exact) mass is 246 g/mol. The van der Waals surface area contributed by atoms with Crippen LogP contribution in [0.3, 0.4) is 0 Å². The maximum atomic E-state index is 11.4. The third-order valence-electron chi connectivity index (χ3n) is 3.78. The molecule has 0 spiro atoms. The molecule has 0 heterocycles. The van der Waals surface area contributed by atoms with Gasteiger partial charge in [0.25, 0.3) is 0 Å². The highest BCUT2D eigenvalue weighted by atomic mass is 16.4. The van der Waals surface area contributed by atoms with Gasteiger partial charge < -0.3 is 5.11 Å². The van der Waals surface area contributed by atoms with Crippen LogP contribution in [0.5, 0.6) is 0 Å². The van der Waals surface area contributed by atoms with Crippen molar-refractivity contribution in [1.82, 2.24) is 0 Å². The Labute approximate surface area is 109 Å². The van der Waals surface area contributed by atoms with Gasteiger partial charge in [0.2, 0.25) is 0 Å². The molecular weight excluding hydrogens is 224 g/mol. The fraction of sp³-hybridized carbons (Fsp3) is 0.562. The fourth-order valence-corrected chi connectivity index (χ4v) is 2.82. The zero-order chi connectivity index (χ0) is 13.1. The highest BCUT2D eigenvalue weighted by Crippen LogP contribution is 2.29. The maximum Gasteiger partial charge on any atom is 0.310 e. The molecule has 1 aromatic carbocycles. The zero-order valence-corrected chi connectivity index (χ0v) is 11.3. The van der Waals surface area contributed by atoms with E-state index in [-0.39, 0.29) is 5.92 Å². The van der Waals surface area contributed by atoms with Crippen LogP contribution in [0.2, 0.25) is 0 Å². The van der Waals surface area contributed by atoms with Crippen molar-refractivity contribution in [1.29, 1.82) is 0 Å². The second kappa shape index (κ2) is 5.55. The standard InChI is InChI=1S/C16H22O2/c1-11(2)9-15(16(17)18)14-8-7-12-5-3-4-6-13(12)10-14/h7-8,10-11,15H,3-6,9H2,1-2H3,(H,17,18). The first-order valence-electron chi connectivity index (χ1n) is 6.92. The van der Waals surface area contributed by atoms with Crippen molar-refractivity contribution in [2.24, 2.45) is 5.92 Å². The summed E-state index contributed by atoms with van der Waals surface area (Å²) in [6.07, 6.45) is 5.47. The Morgan fingerprint density at radius 2 is 1.89 bits per heavy atom. The molecule has 0 bridgehead atoms. The number of benzene rings is 1. The molecule has 1 unspecified atom stereocenters. The van der Waals surface area contributed by atoms with Gasteiger partial charge in [0, 0.05) is 0 Å². The van der Waals surface area contributed by atoms with E-state index in [1.54, 1.807) is 0 Å². The summed E-state index contributed by atoms with van der Waals surface area (Å²) >= 11 is 0. The van der Waals surface area contributed by atoms with Crippen LogP contribution >= 0.6 is 0 Å². The van der Waals surface area contributed by atoms with E-state index in [2.05, 4.69) is 26.0 Å². The first-order chi connectivity index (χ1) is 8.58. The van der Waals surface area contributed by atoms with E-state index >= 15 is 0 Å². The van der Waals surface area contributed by atoms with Crippen molar-refractivity contribution >= 4 is 5.97 Å². The Morgan fingerprint density at radius 3 is 2.50 bits per heavy atom. The normalized spacial score (nSPS) is 16.4. The van der Waals surface area contributed by atoms with E-state index in [0.29, 0.717) is 12.3 Å². The number of carboxylic acids is 1. The number of carboxylic acid groups (broad SMARTS) is 1. The van der Waals surface area contributed by atoms with Crippen LogP contribution < -0.4 is 0 Å². The van der Waals surface area contributed by atoms with Crippen molar-refractivity contribution in [2.75, 3.05) is 0 Å². The molecule has 1 N–H and O–H groups in total. The van der Waals surface area contributed by atoms with Gasteiger partial charge in [-0.25, -0.2) is 0 Å². The lowest BCUT2D eigenvalue weighted by atomic mass is 9.85. The van der Waals surface area contributed by atoms with Gasteiger partial charge in [-0.1, -0.05) is 32.0 Å². The van der Waals surface area contributed by atoms with Gasteiger partial charge >= 0.3 is 5.97 Å². The maximum absolute atomic E-state index is 11.4. The molecule has 1 atom stereocenters. The molecule has 0 fully saturated rings. The van der Waals surface area contributed by atoms with Crippen molar-refractivity contribution in [2.45, 2.75) is 51.9 Å². The Kier molecular flexibility index (Phi) is 4.05. The third-order valence-corrected chi connectivity index (χ3v) is 3.78. The first kappa shape index (κ1) is 13.1. The topological polar surface area (TPSA) is 37.3 Å². The van der Waals surface area contributed by atoms with Crippen molar-refractivity contribution in [3.8, 4) is 0 Å². The number of fused-ring (bicyclic) bond motifs is 1. The van der Waals surface area contributed by atoms with Crippen LogP contribution in [0.4, 0.5) is 0 Å². The third kappa shape index (κ3) is 2.92. The second-order valence-corrected chi connectivity index (χ2v) is 5.76. The quantitative estimate of drug-likeness (QED) is 0.877. The molecule has 1 aliphatic carbocycles. The van der Waals surface area contributed by atoms with E-state index in [1.165, 1.54) is 24.0 Å². The SMILES string of the molecule is CC(C)CC(C(=O)O)c1ccc2c(c1)CCCC2. The lowest BCUT2D eigenvalue weighted by Gasteiger charge is -2.20. The summed E-state index contributed by atoms with van der Waals surface area (Å²) in [6, 6.07) is 6.29. The summed E-state index contributed by atoms with van der Waals surface area (Å²) in [4.78, 5) is 11.4. The first-order valence-corrected chi connectivity index (χ1v) is 6.92. The number of aliphatic carboxylic acids is 1. The molecule has 0 aliphatic heterocycles. The Bertz CT molecular complexity index is 435. The van der Waals surface area contributed by atoms with Crippen LogP contribution in [-0.4, -0.2) is 11.1 Å². The van der Waals surface area contributed by atoms with Gasteiger partial charge in [-0.05, 0) is 54.7 Å². The van der Waals surface area contributed by atoms with Gasteiger partial charge in [-0.2, -0.15) is 0 Å². The highest BCUT2D eigenvalue weighted by Gasteiger charge is 2.22. The van der Waals surface area contributed by atoms with Crippen molar-refractivity contribution in [3.63, 3.8) is 0 Å². The van der Waals surface area contributed by atoms with E-state index in [1.807, 2.05) is 6.07 Å². The molecule has 0 saturated carbocycles. The zero-order valence-electron chi connectivity index (χ0n) is 11.3. The summed E-state index contributed by atoms with van der Waals surface area (Å²) in [5.74, 6) is -0.640. The molecule has 0 saturated heterocycles. The molecule has 2 heteroatoms. The molecule has 2 nitrogen and oxygen atoms in total. The average Bonchev–Trinajstić information content (AvgIpc) is 2.35. The molecular formula is C16H22O2. The number of hydrogen-bond acceptors (Lipinski definition) is 1. The Balaban J connectivity index is 2.27. The van der Waals surface area contributed by atoms with Crippen LogP contribution in [0.1, 0.15) is 55.7 Å². The summed E-state index contributed by atoms with van der Waals surface area (Å²) < 4.78 is 0. The minimum absolute atomic E-state index is 0.350. The molecule has 0 aromatic heterocycles. The lowest BCUT2D eigenvalue weighted by Crippen LogP contribution is -2.15. The number of carbonyl (C=O) groups is 1. The van der Waals surface area contributed by atoms with Crippen molar-refractivity contribution in [3.05, 3.63) is 34.9 Å². The van der Waals surface area contributed by atoms with Gasteiger partial charge in [-0.15, -0.1) is 0 Å². The van der Waals surface area contributed by atoms with Crippen LogP contribution in [0, 0.1) is 5.92 Å². The molecule has 1 aromatic rings. The minimum Gasteiger partial charge on any atom is -0.481 e. The predicted octanol–water partition coefficient (Wildman–Crippen LogP) is 3.78. The van der Waals surface area contributed by atoms with Gasteiger partial charge in [0.15, 0.2) is 0 Å². The van der Waals surface area contributed by atoms with E-state index in [0.717, 1.165) is 18.4 Å². The molecule has 98 valence electrons. The highest BCUT2D eigenvalue weighted by molar-refractivity contribution is 5.76. The molecule has 18 heavy (non-hydrogen) atoms. The smallest absolute Gasteiger partial charge is 0.310 e. The molecule has 0 radical (unpaired) electrons. The molecule has 2 rings (SSSR count). The Morgan fingerprint density at radius 1 is 1.22 bits per heavy atom. The number of rotatable bonds is 4. The van der Waals surface area contributed by atoms with E-state index in [4.69, 9.17) is 0 Å². The second-order valence-electron chi connectivity index (χ2n) is 5.76. The summed E-state index contributed by atoms with van der Waals surface area (Å²) in [7, 11) is 0. The van der Waals surface area contributed by atoms with E-state index in [9.17, 15) is 9.90 Å². The summed E-state index contributed by atoms with van der Waals surface area (Å²) in [6.45, 7) is 4.16. The van der Waals surface area contributed by atoms with E-state index < -0.39 is 5.97 Å².